The number of amides is 2. The molecule has 2 aromatic rings. The van der Waals surface area contributed by atoms with Crippen LogP contribution in [-0.2, 0) is 16.2 Å². The molecule has 0 bridgehead atoms. The molecule has 1 saturated heterocycles. The maximum Gasteiger partial charge on any atom is 0.416 e. The predicted molar refractivity (Wildman–Crippen MR) is 104 cm³/mol. The van der Waals surface area contributed by atoms with E-state index in [9.17, 15) is 26.4 Å². The Morgan fingerprint density at radius 3 is 2.24 bits per heavy atom. The minimum atomic E-state index is -4.64. The first-order valence-electron chi connectivity index (χ1n) is 8.62. The van der Waals surface area contributed by atoms with Gasteiger partial charge >= 0.3 is 12.2 Å². The summed E-state index contributed by atoms with van der Waals surface area (Å²) < 4.78 is 65.7. The Bertz CT molecular complexity index is 1010. The summed E-state index contributed by atoms with van der Waals surface area (Å²) in [7, 11) is -4.18. The molecule has 2 N–H and O–H groups in total. The fourth-order valence-corrected chi connectivity index (χ4v) is 4.12. The van der Waals surface area contributed by atoms with E-state index in [1.165, 1.54) is 24.3 Å². The average molecular weight is 448 g/mol. The average Bonchev–Trinajstić information content (AvgIpc) is 3.18. The molecule has 1 heterocycles. The first kappa shape index (κ1) is 21.3. The van der Waals surface area contributed by atoms with E-state index in [2.05, 4.69) is 10.0 Å². The van der Waals surface area contributed by atoms with Crippen LogP contribution in [0.5, 0.6) is 0 Å². The molecule has 1 fully saturated rings. The van der Waals surface area contributed by atoms with E-state index in [4.69, 9.17) is 11.6 Å². The third kappa shape index (κ3) is 5.13. The van der Waals surface area contributed by atoms with Gasteiger partial charge in [0.15, 0.2) is 0 Å². The molecule has 0 spiro atoms. The van der Waals surface area contributed by atoms with E-state index in [-0.39, 0.29) is 21.6 Å². The summed E-state index contributed by atoms with van der Waals surface area (Å²) in [5.74, 6) is 0. The van der Waals surface area contributed by atoms with E-state index in [1.54, 1.807) is 4.90 Å². The SMILES string of the molecule is O=C(Nc1ccc(S(=O)(=O)Nc2cc(C(F)(F)F)ccc2Cl)cc1)N1CCCC1. The predicted octanol–water partition coefficient (Wildman–Crippen LogP) is 4.79. The molecule has 0 aliphatic carbocycles. The molecule has 156 valence electrons. The highest BCUT2D eigenvalue weighted by atomic mass is 35.5. The van der Waals surface area contributed by atoms with Gasteiger partial charge in [-0.3, -0.25) is 4.72 Å². The maximum absolute atomic E-state index is 12.9. The van der Waals surface area contributed by atoms with Crippen LogP contribution < -0.4 is 10.0 Å². The Kier molecular flexibility index (Phi) is 5.95. The summed E-state index contributed by atoms with van der Waals surface area (Å²) in [5, 5.41) is 2.50. The van der Waals surface area contributed by atoms with Gasteiger partial charge in [0, 0.05) is 18.8 Å². The highest BCUT2D eigenvalue weighted by Gasteiger charge is 2.31. The van der Waals surface area contributed by atoms with Crippen molar-refractivity contribution in [2.24, 2.45) is 0 Å². The molecule has 3 rings (SSSR count). The van der Waals surface area contributed by atoms with Crippen LogP contribution in [0.1, 0.15) is 18.4 Å². The van der Waals surface area contributed by atoms with E-state index in [0.29, 0.717) is 24.8 Å². The normalized spacial score (nSPS) is 14.7. The number of nitrogens with one attached hydrogen (secondary N) is 2. The fourth-order valence-electron chi connectivity index (χ4n) is 2.82. The van der Waals surface area contributed by atoms with Gasteiger partial charge in [-0.05, 0) is 55.3 Å². The number of urea groups is 1. The number of carbonyl (C=O) groups is 1. The number of likely N-dealkylation sites (tertiary alicyclic amines) is 1. The van der Waals surface area contributed by atoms with Crippen molar-refractivity contribution in [1.29, 1.82) is 0 Å². The molecular formula is C18H17ClF3N3O3S. The Morgan fingerprint density at radius 2 is 1.66 bits per heavy atom. The molecule has 0 radical (unpaired) electrons. The van der Waals surface area contributed by atoms with Gasteiger partial charge in [-0.2, -0.15) is 13.2 Å². The topological polar surface area (TPSA) is 78.5 Å². The van der Waals surface area contributed by atoms with Gasteiger partial charge < -0.3 is 10.2 Å². The Hall–Kier alpha value is -2.46. The van der Waals surface area contributed by atoms with Crippen molar-refractivity contribution >= 4 is 39.0 Å². The highest BCUT2D eigenvalue weighted by molar-refractivity contribution is 7.92. The number of benzene rings is 2. The van der Waals surface area contributed by atoms with Crippen molar-refractivity contribution in [1.82, 2.24) is 4.90 Å². The molecule has 0 aromatic heterocycles. The molecule has 2 aromatic carbocycles. The van der Waals surface area contributed by atoms with Gasteiger partial charge in [0.2, 0.25) is 0 Å². The molecule has 2 amide bonds. The van der Waals surface area contributed by atoms with Crippen LogP contribution in [0.4, 0.5) is 29.3 Å². The quantitative estimate of drug-likeness (QED) is 0.707. The van der Waals surface area contributed by atoms with Gasteiger partial charge in [-0.25, -0.2) is 13.2 Å². The molecular weight excluding hydrogens is 431 g/mol. The number of carbonyl (C=O) groups excluding carboxylic acids is 1. The fraction of sp³-hybridized carbons (Fsp3) is 0.278. The first-order valence-corrected chi connectivity index (χ1v) is 10.5. The first-order chi connectivity index (χ1) is 13.6. The third-order valence-corrected chi connectivity index (χ3v) is 6.06. The number of sulfonamides is 1. The zero-order valence-corrected chi connectivity index (χ0v) is 16.5. The largest absolute Gasteiger partial charge is 0.416 e. The van der Waals surface area contributed by atoms with Crippen LogP contribution >= 0.6 is 11.6 Å². The van der Waals surface area contributed by atoms with Crippen molar-refractivity contribution < 1.29 is 26.4 Å². The lowest BCUT2D eigenvalue weighted by Crippen LogP contribution is -2.32. The van der Waals surface area contributed by atoms with E-state index >= 15 is 0 Å². The number of halogens is 4. The highest BCUT2D eigenvalue weighted by Crippen LogP contribution is 2.34. The van der Waals surface area contributed by atoms with Crippen molar-refractivity contribution in [3.63, 3.8) is 0 Å². The second-order valence-electron chi connectivity index (χ2n) is 6.45. The molecule has 0 unspecified atom stereocenters. The molecule has 6 nitrogen and oxygen atoms in total. The molecule has 1 aliphatic heterocycles. The Labute approximate surface area is 170 Å². The van der Waals surface area contributed by atoms with Gasteiger partial charge in [0.1, 0.15) is 0 Å². The van der Waals surface area contributed by atoms with Gasteiger partial charge in [-0.15, -0.1) is 0 Å². The third-order valence-electron chi connectivity index (χ3n) is 4.35. The smallest absolute Gasteiger partial charge is 0.325 e. The zero-order valence-electron chi connectivity index (χ0n) is 15.0. The monoisotopic (exact) mass is 447 g/mol. The van der Waals surface area contributed by atoms with Crippen LogP contribution in [0.3, 0.4) is 0 Å². The Morgan fingerprint density at radius 1 is 1.03 bits per heavy atom. The number of nitrogens with zero attached hydrogens (tertiary/aromatic N) is 1. The minimum Gasteiger partial charge on any atom is -0.325 e. The number of hydrogen-bond acceptors (Lipinski definition) is 3. The number of alkyl halides is 3. The molecule has 0 atom stereocenters. The molecule has 1 aliphatic rings. The lowest BCUT2D eigenvalue weighted by Gasteiger charge is -2.16. The van der Waals surface area contributed by atoms with Crippen LogP contribution in [0, 0.1) is 0 Å². The maximum atomic E-state index is 12.9. The van der Waals surface area contributed by atoms with E-state index in [0.717, 1.165) is 25.0 Å². The van der Waals surface area contributed by atoms with Crippen molar-refractivity contribution in [2.45, 2.75) is 23.9 Å². The lowest BCUT2D eigenvalue weighted by atomic mass is 10.2. The summed E-state index contributed by atoms with van der Waals surface area (Å²) >= 11 is 5.84. The minimum absolute atomic E-state index is 0.170. The van der Waals surface area contributed by atoms with Crippen molar-refractivity contribution in [3.8, 4) is 0 Å². The summed E-state index contributed by atoms with van der Waals surface area (Å²) in [6.45, 7) is 1.33. The lowest BCUT2D eigenvalue weighted by molar-refractivity contribution is -0.137. The van der Waals surface area contributed by atoms with Gasteiger partial charge in [-0.1, -0.05) is 11.6 Å². The second kappa shape index (κ2) is 8.11. The van der Waals surface area contributed by atoms with Crippen LogP contribution in [0.2, 0.25) is 5.02 Å². The zero-order chi connectivity index (χ0) is 21.2. The summed E-state index contributed by atoms with van der Waals surface area (Å²) in [5.41, 5.74) is -1.01. The van der Waals surface area contributed by atoms with Crippen LogP contribution in [0.25, 0.3) is 0 Å². The summed E-state index contributed by atoms with van der Waals surface area (Å²) in [4.78, 5) is 13.5. The van der Waals surface area contributed by atoms with Crippen LogP contribution in [0.15, 0.2) is 47.4 Å². The van der Waals surface area contributed by atoms with Crippen molar-refractivity contribution in [3.05, 3.63) is 53.1 Å². The Balaban J connectivity index is 1.75. The van der Waals surface area contributed by atoms with Crippen LogP contribution in [-0.4, -0.2) is 32.4 Å². The number of anilines is 2. The standard InChI is InChI=1S/C18H17ClF3N3O3S/c19-15-8-3-12(18(20,21)22)11-16(15)24-29(27,28)14-6-4-13(5-7-14)23-17(26)25-9-1-2-10-25/h3-8,11,24H,1-2,9-10H2,(H,23,26). The molecule has 29 heavy (non-hydrogen) atoms. The summed E-state index contributed by atoms with van der Waals surface area (Å²) in [6.07, 6.45) is -2.76. The molecule has 0 saturated carbocycles. The molecule has 11 heteroatoms. The van der Waals surface area contributed by atoms with Gasteiger partial charge in [0.25, 0.3) is 10.0 Å². The summed E-state index contributed by atoms with van der Waals surface area (Å²) in [6, 6.07) is 7.37. The number of hydrogen-bond donors (Lipinski definition) is 2. The number of rotatable bonds is 4. The second-order valence-corrected chi connectivity index (χ2v) is 8.54. The van der Waals surface area contributed by atoms with E-state index < -0.39 is 21.8 Å². The van der Waals surface area contributed by atoms with E-state index in [1.807, 2.05) is 0 Å². The van der Waals surface area contributed by atoms with Crippen molar-refractivity contribution in [2.75, 3.05) is 23.1 Å². The van der Waals surface area contributed by atoms with Gasteiger partial charge in [0.05, 0.1) is 21.2 Å².